The van der Waals surface area contributed by atoms with E-state index < -0.39 is 23.3 Å². The van der Waals surface area contributed by atoms with Crippen molar-refractivity contribution in [1.29, 1.82) is 0 Å². The molecule has 0 amide bonds. The second kappa shape index (κ2) is 8.61. The molecule has 1 saturated carbocycles. The molecule has 0 bridgehead atoms. The van der Waals surface area contributed by atoms with Crippen LogP contribution in [0.15, 0.2) is 65.5 Å². The molecule has 1 heterocycles. The molecule has 166 valence electrons. The molecule has 32 heavy (non-hydrogen) atoms. The summed E-state index contributed by atoms with van der Waals surface area (Å²) in [5.74, 6) is 0.381. The first kappa shape index (κ1) is 21.8. The van der Waals surface area contributed by atoms with E-state index in [-0.39, 0.29) is 18.1 Å². The van der Waals surface area contributed by atoms with E-state index >= 15 is 0 Å². The van der Waals surface area contributed by atoms with Crippen LogP contribution in [0.5, 0.6) is 5.75 Å². The first-order valence-corrected chi connectivity index (χ1v) is 10.2. The van der Waals surface area contributed by atoms with E-state index in [1.165, 1.54) is 22.9 Å². The van der Waals surface area contributed by atoms with Crippen molar-refractivity contribution in [2.45, 2.75) is 31.5 Å². The Balaban J connectivity index is 1.62. The lowest BCUT2D eigenvalue weighted by Crippen LogP contribution is -2.34. The molecule has 1 fully saturated rings. The van der Waals surface area contributed by atoms with Gasteiger partial charge in [0.15, 0.2) is 5.78 Å². The lowest BCUT2D eigenvalue weighted by atomic mass is 9.99. The molecular weight excluding hydrogens is 421 g/mol. The Labute approximate surface area is 182 Å². The molecule has 5 nitrogen and oxygen atoms in total. The number of ketones is 1. The van der Waals surface area contributed by atoms with E-state index in [1.54, 1.807) is 31.4 Å². The predicted octanol–water partition coefficient (Wildman–Crippen LogP) is 4.70. The second-order valence-corrected chi connectivity index (χ2v) is 7.85. The highest BCUT2D eigenvalue weighted by Gasteiger charge is 2.38. The monoisotopic (exact) mass is 442 g/mol. The third-order valence-corrected chi connectivity index (χ3v) is 5.51. The summed E-state index contributed by atoms with van der Waals surface area (Å²) in [5.41, 5.74) is 0.565. The van der Waals surface area contributed by atoms with Crippen molar-refractivity contribution in [2.24, 2.45) is 5.92 Å². The van der Waals surface area contributed by atoms with Crippen LogP contribution in [-0.2, 0) is 17.4 Å². The number of benzene rings is 2. The highest BCUT2D eigenvalue weighted by atomic mass is 19.4. The maximum absolute atomic E-state index is 13.1. The number of alkyl halides is 3. The van der Waals surface area contributed by atoms with Gasteiger partial charge in [0.05, 0.1) is 18.4 Å². The van der Waals surface area contributed by atoms with E-state index in [2.05, 4.69) is 5.10 Å². The van der Waals surface area contributed by atoms with Crippen LogP contribution in [0.4, 0.5) is 13.2 Å². The Morgan fingerprint density at radius 1 is 1.12 bits per heavy atom. The molecule has 0 aliphatic heterocycles. The normalized spacial score (nSPS) is 14.8. The molecule has 1 aromatic heterocycles. The van der Waals surface area contributed by atoms with E-state index in [1.807, 2.05) is 6.07 Å². The first-order chi connectivity index (χ1) is 15.3. The van der Waals surface area contributed by atoms with Crippen molar-refractivity contribution in [3.05, 3.63) is 82.1 Å². The summed E-state index contributed by atoms with van der Waals surface area (Å²) in [7, 11) is 1.55. The molecule has 0 saturated heterocycles. The maximum Gasteiger partial charge on any atom is 0.416 e. The Kier molecular flexibility index (Phi) is 5.86. The fourth-order valence-electron chi connectivity index (χ4n) is 3.69. The molecule has 1 aliphatic carbocycles. The third kappa shape index (κ3) is 4.74. The summed E-state index contributed by atoms with van der Waals surface area (Å²) in [6, 6.07) is 13.9. The van der Waals surface area contributed by atoms with E-state index in [0.29, 0.717) is 17.0 Å². The van der Waals surface area contributed by atoms with Crippen LogP contribution in [0.1, 0.15) is 30.0 Å². The lowest BCUT2D eigenvalue weighted by molar-refractivity contribution is -0.137. The average Bonchev–Trinajstić information content (AvgIpc) is 3.60. The first-order valence-electron chi connectivity index (χ1n) is 10.2. The zero-order valence-electron chi connectivity index (χ0n) is 17.3. The van der Waals surface area contributed by atoms with Gasteiger partial charge < -0.3 is 4.74 Å². The molecule has 0 radical (unpaired) electrons. The van der Waals surface area contributed by atoms with Gasteiger partial charge in [0, 0.05) is 18.1 Å². The zero-order valence-corrected chi connectivity index (χ0v) is 17.3. The van der Waals surface area contributed by atoms with Gasteiger partial charge in [-0.2, -0.15) is 18.3 Å². The van der Waals surface area contributed by atoms with E-state index in [9.17, 15) is 22.8 Å². The van der Waals surface area contributed by atoms with Crippen molar-refractivity contribution in [1.82, 2.24) is 9.78 Å². The van der Waals surface area contributed by atoms with Crippen LogP contribution in [0.25, 0.3) is 11.3 Å². The fourth-order valence-corrected chi connectivity index (χ4v) is 3.69. The summed E-state index contributed by atoms with van der Waals surface area (Å²) in [4.78, 5) is 25.7. The molecule has 0 N–H and O–H groups in total. The summed E-state index contributed by atoms with van der Waals surface area (Å²) in [6.07, 6.45) is -2.92. The van der Waals surface area contributed by atoms with Gasteiger partial charge in [-0.1, -0.05) is 24.3 Å². The minimum absolute atomic E-state index is 0.0114. The quantitative estimate of drug-likeness (QED) is 0.532. The highest BCUT2D eigenvalue weighted by Crippen LogP contribution is 2.40. The molecule has 1 atom stereocenters. The van der Waals surface area contributed by atoms with Crippen LogP contribution in [0.3, 0.4) is 0 Å². The summed E-state index contributed by atoms with van der Waals surface area (Å²) < 4.78 is 44.8. The molecule has 4 rings (SSSR count). The van der Waals surface area contributed by atoms with Crippen LogP contribution < -0.4 is 10.3 Å². The highest BCUT2D eigenvalue weighted by molar-refractivity contribution is 5.85. The smallest absolute Gasteiger partial charge is 0.416 e. The van der Waals surface area contributed by atoms with Gasteiger partial charge in [0.1, 0.15) is 11.8 Å². The second-order valence-electron chi connectivity index (χ2n) is 7.85. The Morgan fingerprint density at radius 3 is 2.47 bits per heavy atom. The lowest BCUT2D eigenvalue weighted by Gasteiger charge is -2.18. The van der Waals surface area contributed by atoms with Gasteiger partial charge in [-0.25, -0.2) is 4.68 Å². The molecule has 2 aromatic carbocycles. The van der Waals surface area contributed by atoms with Gasteiger partial charge in [-0.15, -0.1) is 0 Å². The van der Waals surface area contributed by atoms with Crippen molar-refractivity contribution >= 4 is 5.78 Å². The molecule has 8 heteroatoms. The number of methoxy groups -OCH3 is 1. The van der Waals surface area contributed by atoms with Gasteiger partial charge in [-0.05, 0) is 54.7 Å². The summed E-state index contributed by atoms with van der Waals surface area (Å²) >= 11 is 0. The summed E-state index contributed by atoms with van der Waals surface area (Å²) in [6.45, 7) is 0. The van der Waals surface area contributed by atoms with E-state index in [0.717, 1.165) is 30.5 Å². The van der Waals surface area contributed by atoms with Gasteiger partial charge in [0.25, 0.3) is 5.56 Å². The molecule has 3 aromatic rings. The van der Waals surface area contributed by atoms with Crippen molar-refractivity contribution in [2.75, 3.05) is 7.11 Å². The number of carbonyl (C=O) groups excluding carboxylic acids is 1. The minimum Gasteiger partial charge on any atom is -0.497 e. The van der Waals surface area contributed by atoms with Crippen molar-refractivity contribution < 1.29 is 22.7 Å². The molecular formula is C24H21F3N2O3. The fraction of sp³-hybridized carbons (Fsp3) is 0.292. The van der Waals surface area contributed by atoms with Gasteiger partial charge in [-0.3, -0.25) is 9.59 Å². The minimum atomic E-state index is -4.43. The molecule has 0 spiro atoms. The van der Waals surface area contributed by atoms with E-state index in [4.69, 9.17) is 4.74 Å². The number of ether oxygens (including phenoxy) is 1. The van der Waals surface area contributed by atoms with Crippen molar-refractivity contribution in [3.63, 3.8) is 0 Å². The predicted molar refractivity (Wildman–Crippen MR) is 112 cm³/mol. The topological polar surface area (TPSA) is 61.2 Å². The third-order valence-electron chi connectivity index (χ3n) is 5.51. The molecule has 1 aliphatic rings. The van der Waals surface area contributed by atoms with Gasteiger partial charge >= 0.3 is 6.18 Å². The van der Waals surface area contributed by atoms with Crippen LogP contribution >= 0.6 is 0 Å². The largest absolute Gasteiger partial charge is 0.497 e. The van der Waals surface area contributed by atoms with Crippen molar-refractivity contribution in [3.8, 4) is 17.0 Å². The number of hydrogen-bond donors (Lipinski definition) is 0. The number of rotatable bonds is 7. The maximum atomic E-state index is 13.1. The van der Waals surface area contributed by atoms with Crippen LogP contribution in [-0.4, -0.2) is 22.7 Å². The Hall–Kier alpha value is -3.42. The summed E-state index contributed by atoms with van der Waals surface area (Å²) in [5, 5.41) is 4.47. The number of nitrogens with zero attached hydrogens (tertiary/aromatic N) is 2. The standard InChI is InChI=1S/C24H21F3N2O3/c1-32-19-4-2-3-17(14-19)20-11-12-22(31)29(28-20)23(16-7-8-16)21(30)13-15-5-9-18(10-6-15)24(25,26)27/h2-6,9-12,14,16,23H,7-8,13H2,1H3. The number of halogens is 3. The zero-order chi connectivity index (χ0) is 22.9. The Bertz CT molecular complexity index is 1180. The van der Waals surface area contributed by atoms with Crippen LogP contribution in [0, 0.1) is 5.92 Å². The number of carbonyl (C=O) groups is 1. The van der Waals surface area contributed by atoms with Gasteiger partial charge in [0.2, 0.25) is 0 Å². The molecule has 1 unspecified atom stereocenters. The number of aromatic nitrogens is 2. The SMILES string of the molecule is COc1cccc(-c2ccc(=O)n(C(C(=O)Cc3ccc(C(F)(F)F)cc3)C3CC3)n2)c1. The number of hydrogen-bond acceptors (Lipinski definition) is 4. The number of Topliss-reactive ketones (excluding diaryl/α,β-unsaturated/α-hetero) is 1. The van der Waals surface area contributed by atoms with Crippen LogP contribution in [0.2, 0.25) is 0 Å². The average molecular weight is 442 g/mol. The Morgan fingerprint density at radius 2 is 1.84 bits per heavy atom.